The Hall–Kier alpha value is -2.71. The van der Waals surface area contributed by atoms with E-state index in [9.17, 15) is 0 Å². The molecule has 0 fully saturated rings. The van der Waals surface area contributed by atoms with Gasteiger partial charge in [-0.2, -0.15) is 0 Å². The van der Waals surface area contributed by atoms with E-state index < -0.39 is 0 Å². The van der Waals surface area contributed by atoms with E-state index in [0.29, 0.717) is 11.3 Å². The summed E-state index contributed by atoms with van der Waals surface area (Å²) in [6.07, 6.45) is 1.65. The Labute approximate surface area is 100 Å². The molecule has 0 unspecified atom stereocenters. The van der Waals surface area contributed by atoms with Crippen LogP contribution in [-0.4, -0.2) is 0 Å². The summed E-state index contributed by atoms with van der Waals surface area (Å²) < 4.78 is 4.83. The molecule has 0 aromatic heterocycles. The largest absolute Gasteiger partial charge is 0.387 e. The molecule has 0 amide bonds. The summed E-state index contributed by atoms with van der Waals surface area (Å²) in [6.45, 7) is 0. The second kappa shape index (κ2) is 5.39. The Morgan fingerprint density at radius 1 is 0.824 bits per heavy atom. The first kappa shape index (κ1) is 10.8. The molecule has 0 saturated heterocycles. The molecule has 2 nitrogen and oxygen atoms in total. The number of rotatable bonds is 1. The van der Waals surface area contributed by atoms with Crippen molar-refractivity contribution in [3.05, 3.63) is 65.7 Å². The zero-order valence-electron chi connectivity index (χ0n) is 9.05. The third-order valence-corrected chi connectivity index (χ3v) is 2.16. The van der Waals surface area contributed by atoms with Crippen LogP contribution in [0.5, 0.6) is 5.75 Å². The van der Waals surface area contributed by atoms with Crippen LogP contribution < -0.4 is 4.74 Å². The first-order chi connectivity index (χ1) is 8.40. The topological polar surface area (TPSA) is 33.0 Å². The van der Waals surface area contributed by atoms with E-state index in [2.05, 4.69) is 11.8 Å². The second-order valence-corrected chi connectivity index (χ2v) is 3.31. The van der Waals surface area contributed by atoms with Crippen molar-refractivity contribution in [1.29, 1.82) is 5.26 Å². The third-order valence-electron chi connectivity index (χ3n) is 2.16. The van der Waals surface area contributed by atoms with Crippen molar-refractivity contribution >= 4 is 0 Å². The van der Waals surface area contributed by atoms with Gasteiger partial charge in [-0.3, -0.25) is 0 Å². The van der Waals surface area contributed by atoms with Crippen LogP contribution in [0.1, 0.15) is 11.1 Å². The van der Waals surface area contributed by atoms with E-state index in [1.807, 2.05) is 42.5 Å². The summed E-state index contributed by atoms with van der Waals surface area (Å²) in [5.74, 6) is 6.49. The number of nitriles is 1. The van der Waals surface area contributed by atoms with Crippen molar-refractivity contribution < 1.29 is 4.74 Å². The highest BCUT2D eigenvalue weighted by molar-refractivity contribution is 5.49. The average Bonchev–Trinajstić information content (AvgIpc) is 2.39. The molecule has 0 aliphatic carbocycles. The van der Waals surface area contributed by atoms with Crippen molar-refractivity contribution in [3.8, 4) is 23.8 Å². The number of hydrogen-bond acceptors (Lipinski definition) is 2. The van der Waals surface area contributed by atoms with Gasteiger partial charge >= 0.3 is 0 Å². The van der Waals surface area contributed by atoms with E-state index in [-0.39, 0.29) is 0 Å². The van der Waals surface area contributed by atoms with Crippen LogP contribution in [0.15, 0.2) is 54.6 Å². The van der Waals surface area contributed by atoms with Gasteiger partial charge in [-0.25, -0.2) is 0 Å². The zero-order chi connectivity index (χ0) is 11.9. The van der Waals surface area contributed by atoms with E-state index in [0.717, 1.165) is 5.56 Å². The fraction of sp³-hybridized carbons (Fsp3) is 0. The zero-order valence-corrected chi connectivity index (χ0v) is 9.05. The lowest BCUT2D eigenvalue weighted by Crippen LogP contribution is -1.86. The minimum absolute atomic E-state index is 0.485. The molecule has 0 atom stereocenters. The number of hydrogen-bond donors (Lipinski definition) is 0. The smallest absolute Gasteiger partial charge is 0.292 e. The predicted octanol–water partition coefficient (Wildman–Crippen LogP) is 2.95. The Balaban J connectivity index is 2.31. The minimum Gasteiger partial charge on any atom is -0.387 e. The summed E-state index contributed by atoms with van der Waals surface area (Å²) in [6, 6.07) is 16.9. The van der Waals surface area contributed by atoms with Crippen molar-refractivity contribution in [2.75, 3.05) is 0 Å². The van der Waals surface area contributed by atoms with Crippen LogP contribution in [0.25, 0.3) is 0 Å². The fourth-order valence-electron chi connectivity index (χ4n) is 1.37. The molecule has 0 aliphatic heterocycles. The molecule has 2 aromatic rings. The summed E-state index contributed by atoms with van der Waals surface area (Å²) in [7, 11) is 0. The lowest BCUT2D eigenvalue weighted by molar-refractivity contribution is 0.505. The molecule has 0 spiro atoms. The molecule has 2 aromatic carbocycles. The van der Waals surface area contributed by atoms with E-state index in [1.165, 1.54) is 0 Å². The summed E-state index contributed by atoms with van der Waals surface area (Å²) >= 11 is 0. The van der Waals surface area contributed by atoms with Gasteiger partial charge in [-0.15, -0.1) is 5.26 Å². The molecule has 2 heteroatoms. The average molecular weight is 219 g/mol. The number of para-hydroxylation sites is 1. The lowest BCUT2D eigenvalue weighted by Gasteiger charge is -1.97. The molecule has 17 heavy (non-hydrogen) atoms. The standard InChI is InChI=1S/C15H9NO/c16-12-17-15-9-5-4-8-14(15)11-10-13-6-2-1-3-7-13/h1-9H. The van der Waals surface area contributed by atoms with E-state index >= 15 is 0 Å². The molecule has 0 radical (unpaired) electrons. The van der Waals surface area contributed by atoms with Crippen molar-refractivity contribution in [2.45, 2.75) is 0 Å². The molecule has 0 N–H and O–H groups in total. The number of benzene rings is 2. The van der Waals surface area contributed by atoms with Gasteiger partial charge in [0.15, 0.2) is 5.75 Å². The lowest BCUT2D eigenvalue weighted by atomic mass is 10.1. The summed E-state index contributed by atoms with van der Waals surface area (Å²) in [4.78, 5) is 0. The molecule has 2 rings (SSSR count). The van der Waals surface area contributed by atoms with Gasteiger partial charge in [0, 0.05) is 5.56 Å². The maximum atomic E-state index is 8.51. The number of ether oxygens (including phenoxy) is 1. The van der Waals surface area contributed by atoms with Crippen molar-refractivity contribution in [1.82, 2.24) is 0 Å². The Morgan fingerprint density at radius 2 is 1.53 bits per heavy atom. The number of nitrogens with zero attached hydrogens (tertiary/aromatic N) is 1. The molecule has 80 valence electrons. The first-order valence-corrected chi connectivity index (χ1v) is 5.12. The Kier molecular flexibility index (Phi) is 3.43. The minimum atomic E-state index is 0.485. The predicted molar refractivity (Wildman–Crippen MR) is 65.1 cm³/mol. The Bertz CT molecular complexity index is 600. The normalized spacial score (nSPS) is 8.65. The van der Waals surface area contributed by atoms with Crippen LogP contribution in [0.4, 0.5) is 0 Å². The van der Waals surface area contributed by atoms with Gasteiger partial charge in [0.25, 0.3) is 6.26 Å². The molecule has 0 heterocycles. The van der Waals surface area contributed by atoms with E-state index in [4.69, 9.17) is 10.00 Å². The monoisotopic (exact) mass is 219 g/mol. The van der Waals surface area contributed by atoms with Crippen LogP contribution in [0.2, 0.25) is 0 Å². The van der Waals surface area contributed by atoms with Gasteiger partial charge in [0.05, 0.1) is 5.56 Å². The van der Waals surface area contributed by atoms with Gasteiger partial charge < -0.3 is 4.74 Å². The SMILES string of the molecule is N#COc1ccccc1C#Cc1ccccc1. The van der Waals surface area contributed by atoms with Gasteiger partial charge in [-0.1, -0.05) is 42.2 Å². The highest BCUT2D eigenvalue weighted by atomic mass is 16.5. The van der Waals surface area contributed by atoms with E-state index in [1.54, 1.807) is 18.4 Å². The Morgan fingerprint density at radius 3 is 2.29 bits per heavy atom. The molecule has 0 bridgehead atoms. The molecule has 0 saturated carbocycles. The molecular formula is C15H9NO. The third kappa shape index (κ3) is 2.87. The van der Waals surface area contributed by atoms with Crippen molar-refractivity contribution in [3.63, 3.8) is 0 Å². The van der Waals surface area contributed by atoms with Gasteiger partial charge in [0.2, 0.25) is 0 Å². The molecule has 0 aliphatic rings. The maximum absolute atomic E-state index is 8.51. The van der Waals surface area contributed by atoms with Crippen LogP contribution in [0, 0.1) is 23.4 Å². The van der Waals surface area contributed by atoms with Crippen LogP contribution in [-0.2, 0) is 0 Å². The molecular weight excluding hydrogens is 210 g/mol. The van der Waals surface area contributed by atoms with Crippen LogP contribution >= 0.6 is 0 Å². The van der Waals surface area contributed by atoms with Crippen molar-refractivity contribution in [2.24, 2.45) is 0 Å². The van der Waals surface area contributed by atoms with Crippen LogP contribution in [0.3, 0.4) is 0 Å². The quantitative estimate of drug-likeness (QED) is 0.545. The highest BCUT2D eigenvalue weighted by Gasteiger charge is 1.98. The van der Waals surface area contributed by atoms with Gasteiger partial charge in [-0.05, 0) is 24.3 Å². The highest BCUT2D eigenvalue weighted by Crippen LogP contribution is 2.16. The fourth-order valence-corrected chi connectivity index (χ4v) is 1.37. The first-order valence-electron chi connectivity index (χ1n) is 5.12. The maximum Gasteiger partial charge on any atom is 0.292 e. The van der Waals surface area contributed by atoms with Gasteiger partial charge in [0.1, 0.15) is 0 Å². The second-order valence-electron chi connectivity index (χ2n) is 3.31. The summed E-state index contributed by atoms with van der Waals surface area (Å²) in [5.41, 5.74) is 1.64. The summed E-state index contributed by atoms with van der Waals surface area (Å²) in [5, 5.41) is 8.51.